The fraction of sp³-hybridized carbons (Fsp3) is 0.235. The maximum Gasteiger partial charge on any atom is 0.416 e. The van der Waals surface area contributed by atoms with Gasteiger partial charge in [0.15, 0.2) is 0 Å². The number of hydrogen-bond donors (Lipinski definition) is 0. The van der Waals surface area contributed by atoms with Gasteiger partial charge in [0.05, 0.1) is 17.2 Å². The number of nitriles is 1. The highest BCUT2D eigenvalue weighted by atomic mass is 19.4. The van der Waals surface area contributed by atoms with Gasteiger partial charge in [0.1, 0.15) is 0 Å². The molecule has 0 fully saturated rings. The predicted octanol–water partition coefficient (Wildman–Crippen LogP) is 5.15. The van der Waals surface area contributed by atoms with Gasteiger partial charge in [-0.1, -0.05) is 12.1 Å². The predicted molar refractivity (Wildman–Crippen MR) is 79.7 cm³/mol. The van der Waals surface area contributed by atoms with E-state index in [1.54, 1.807) is 6.08 Å². The molecule has 0 atom stereocenters. The number of rotatable bonds is 3. The lowest BCUT2D eigenvalue weighted by atomic mass is 10.0. The van der Waals surface area contributed by atoms with Crippen molar-refractivity contribution in [2.75, 3.05) is 0 Å². The van der Waals surface area contributed by atoms with Crippen LogP contribution < -0.4 is 0 Å². The maximum atomic E-state index is 12.5. The molecule has 2 aromatic rings. The lowest BCUT2D eigenvalue weighted by Gasteiger charge is -2.07. The largest absolute Gasteiger partial charge is 0.416 e. The number of halogens is 3. The first-order valence-electron chi connectivity index (χ1n) is 6.78. The van der Waals surface area contributed by atoms with Crippen molar-refractivity contribution in [3.63, 3.8) is 0 Å². The molecule has 1 heterocycles. The van der Waals surface area contributed by atoms with Crippen LogP contribution in [-0.2, 0) is 6.18 Å². The van der Waals surface area contributed by atoms with Crippen molar-refractivity contribution in [2.45, 2.75) is 26.1 Å². The van der Waals surface area contributed by atoms with E-state index in [2.05, 4.69) is 0 Å². The molecule has 0 N–H and O–H groups in total. The molecule has 0 aliphatic carbocycles. The van der Waals surface area contributed by atoms with Crippen molar-refractivity contribution in [1.82, 2.24) is 4.57 Å². The Bertz CT molecular complexity index is 714. The molecular weight excluding hydrogens is 289 g/mol. The highest BCUT2D eigenvalue weighted by Crippen LogP contribution is 2.30. The highest BCUT2D eigenvalue weighted by Gasteiger charge is 2.30. The van der Waals surface area contributed by atoms with E-state index in [0.717, 1.165) is 17.7 Å². The third-order valence-corrected chi connectivity index (χ3v) is 3.29. The zero-order valence-corrected chi connectivity index (χ0v) is 12.2. The van der Waals surface area contributed by atoms with Crippen LogP contribution in [-0.4, -0.2) is 4.57 Å². The Morgan fingerprint density at radius 2 is 1.82 bits per heavy atom. The zero-order chi connectivity index (χ0) is 16.3. The number of hydrogen-bond acceptors (Lipinski definition) is 1. The van der Waals surface area contributed by atoms with Crippen LogP contribution in [0.25, 0.3) is 11.6 Å². The van der Waals surface area contributed by atoms with Gasteiger partial charge in [-0.2, -0.15) is 18.4 Å². The summed E-state index contributed by atoms with van der Waals surface area (Å²) in [5.74, 6) is 0. The molecule has 0 aliphatic heterocycles. The third kappa shape index (κ3) is 3.59. The van der Waals surface area contributed by atoms with Gasteiger partial charge in [-0.3, -0.25) is 0 Å². The van der Waals surface area contributed by atoms with Crippen LogP contribution in [0.2, 0.25) is 0 Å². The fourth-order valence-electron chi connectivity index (χ4n) is 2.02. The Labute approximate surface area is 127 Å². The van der Waals surface area contributed by atoms with Crippen LogP contribution in [0, 0.1) is 11.3 Å². The van der Waals surface area contributed by atoms with Crippen LogP contribution in [0.3, 0.4) is 0 Å². The standard InChI is InChI=1S/C17H15F3N2/c1-12(2)22-8-7-13(11-22)9-15(10-21)14-3-5-16(6-4-14)17(18,19)20/h3-9,11-12H,1-2H3/b15-9+. The molecule has 0 radical (unpaired) electrons. The first kappa shape index (κ1) is 15.9. The first-order valence-corrected chi connectivity index (χ1v) is 6.78. The summed E-state index contributed by atoms with van der Waals surface area (Å²) >= 11 is 0. The summed E-state index contributed by atoms with van der Waals surface area (Å²) in [6.45, 7) is 4.07. The lowest BCUT2D eigenvalue weighted by molar-refractivity contribution is -0.137. The fourth-order valence-corrected chi connectivity index (χ4v) is 2.02. The van der Waals surface area contributed by atoms with Crippen LogP contribution in [0.4, 0.5) is 13.2 Å². The van der Waals surface area contributed by atoms with Crippen molar-refractivity contribution in [1.29, 1.82) is 5.26 Å². The molecule has 0 spiro atoms. The monoisotopic (exact) mass is 304 g/mol. The van der Waals surface area contributed by atoms with Gasteiger partial charge >= 0.3 is 6.18 Å². The van der Waals surface area contributed by atoms with Crippen LogP contribution >= 0.6 is 0 Å². The average molecular weight is 304 g/mol. The maximum absolute atomic E-state index is 12.5. The highest BCUT2D eigenvalue weighted by molar-refractivity contribution is 5.89. The molecule has 2 rings (SSSR count). The topological polar surface area (TPSA) is 28.7 Å². The number of alkyl halides is 3. The first-order chi connectivity index (χ1) is 10.3. The van der Waals surface area contributed by atoms with Gasteiger partial charge in [0.25, 0.3) is 0 Å². The molecule has 0 saturated carbocycles. The Hall–Kier alpha value is -2.48. The summed E-state index contributed by atoms with van der Waals surface area (Å²) in [5.41, 5.74) is 0.910. The second-order valence-electron chi connectivity index (χ2n) is 5.23. The summed E-state index contributed by atoms with van der Waals surface area (Å²) in [6.07, 6.45) is 1.09. The van der Waals surface area contributed by atoms with Gasteiger partial charge in [-0.15, -0.1) is 0 Å². The second-order valence-corrected chi connectivity index (χ2v) is 5.23. The summed E-state index contributed by atoms with van der Waals surface area (Å²) in [5, 5.41) is 9.24. The number of nitrogens with zero attached hydrogens (tertiary/aromatic N) is 2. The third-order valence-electron chi connectivity index (χ3n) is 3.29. The van der Waals surface area contributed by atoms with Gasteiger partial charge in [-0.05, 0) is 49.2 Å². The van der Waals surface area contributed by atoms with Crippen molar-refractivity contribution < 1.29 is 13.2 Å². The van der Waals surface area contributed by atoms with Crippen molar-refractivity contribution >= 4 is 11.6 Å². The molecule has 0 amide bonds. The number of allylic oxidation sites excluding steroid dienone is 1. The summed E-state index contributed by atoms with van der Waals surface area (Å²) in [6, 6.07) is 8.81. The van der Waals surface area contributed by atoms with Gasteiger partial charge in [-0.25, -0.2) is 0 Å². The smallest absolute Gasteiger partial charge is 0.351 e. The van der Waals surface area contributed by atoms with E-state index in [9.17, 15) is 18.4 Å². The van der Waals surface area contributed by atoms with E-state index in [0.29, 0.717) is 17.2 Å². The van der Waals surface area contributed by atoms with Crippen molar-refractivity contribution in [2.24, 2.45) is 0 Å². The zero-order valence-electron chi connectivity index (χ0n) is 12.2. The molecule has 0 unspecified atom stereocenters. The van der Waals surface area contributed by atoms with Crippen molar-refractivity contribution in [3.05, 3.63) is 59.4 Å². The Kier molecular flexibility index (Phi) is 4.41. The Morgan fingerprint density at radius 3 is 2.27 bits per heavy atom. The summed E-state index contributed by atoms with van der Waals surface area (Å²) in [7, 11) is 0. The van der Waals surface area contributed by atoms with Crippen LogP contribution in [0.5, 0.6) is 0 Å². The van der Waals surface area contributed by atoms with Gasteiger partial charge in [0, 0.05) is 18.4 Å². The van der Waals surface area contributed by atoms with E-state index < -0.39 is 11.7 Å². The Balaban J connectivity index is 2.31. The molecule has 1 aromatic heterocycles. The lowest BCUT2D eigenvalue weighted by Crippen LogP contribution is -2.04. The van der Waals surface area contributed by atoms with E-state index in [4.69, 9.17) is 0 Å². The number of aromatic nitrogens is 1. The molecular formula is C17H15F3N2. The molecule has 0 bridgehead atoms. The quantitative estimate of drug-likeness (QED) is 0.721. The minimum atomic E-state index is -4.37. The number of benzene rings is 1. The van der Waals surface area contributed by atoms with E-state index in [1.165, 1.54) is 12.1 Å². The minimum absolute atomic E-state index is 0.304. The van der Waals surface area contributed by atoms with Gasteiger partial charge in [0.2, 0.25) is 0 Å². The Morgan fingerprint density at radius 1 is 1.18 bits per heavy atom. The molecule has 0 aliphatic rings. The minimum Gasteiger partial charge on any atom is -0.351 e. The molecule has 0 saturated heterocycles. The molecule has 2 nitrogen and oxygen atoms in total. The van der Waals surface area contributed by atoms with E-state index >= 15 is 0 Å². The summed E-state index contributed by atoms with van der Waals surface area (Å²) in [4.78, 5) is 0. The SMILES string of the molecule is CC(C)n1ccc(/C=C(\C#N)c2ccc(C(F)(F)F)cc2)c1. The normalized spacial score (nSPS) is 12.5. The second kappa shape index (κ2) is 6.10. The van der Waals surface area contributed by atoms with E-state index in [-0.39, 0.29) is 0 Å². The van der Waals surface area contributed by atoms with E-state index in [1.807, 2.05) is 42.9 Å². The molecule has 1 aromatic carbocycles. The van der Waals surface area contributed by atoms with Gasteiger partial charge < -0.3 is 4.57 Å². The molecule has 114 valence electrons. The van der Waals surface area contributed by atoms with Crippen molar-refractivity contribution in [3.8, 4) is 6.07 Å². The molecule has 5 heteroatoms. The average Bonchev–Trinajstić information content (AvgIpc) is 2.93. The summed E-state index contributed by atoms with van der Waals surface area (Å²) < 4.78 is 39.6. The van der Waals surface area contributed by atoms with Crippen LogP contribution in [0.15, 0.2) is 42.7 Å². The molecule has 22 heavy (non-hydrogen) atoms. The van der Waals surface area contributed by atoms with Crippen LogP contribution in [0.1, 0.15) is 36.6 Å².